The first-order chi connectivity index (χ1) is 7.59. The Morgan fingerprint density at radius 2 is 1.81 bits per heavy atom. The summed E-state index contributed by atoms with van der Waals surface area (Å²) in [6, 6.07) is 0.618. The molecule has 3 unspecified atom stereocenters. The van der Waals surface area contributed by atoms with Crippen LogP contribution in [0.2, 0.25) is 0 Å². The Balaban J connectivity index is 1.95. The van der Waals surface area contributed by atoms with Gasteiger partial charge in [-0.1, -0.05) is 20.3 Å². The first-order valence-electron chi connectivity index (χ1n) is 6.60. The summed E-state index contributed by atoms with van der Waals surface area (Å²) in [6.45, 7) is 5.54. The molecule has 1 amide bonds. The number of hydrogen-bond donors (Lipinski definition) is 1. The van der Waals surface area contributed by atoms with Crippen LogP contribution >= 0.6 is 0 Å². The highest BCUT2D eigenvalue weighted by Crippen LogP contribution is 2.29. The van der Waals surface area contributed by atoms with E-state index in [2.05, 4.69) is 19.2 Å². The molecule has 1 N–H and O–H groups in total. The van der Waals surface area contributed by atoms with Crippen molar-refractivity contribution in [2.45, 2.75) is 51.6 Å². The molecule has 3 nitrogen and oxygen atoms in total. The molecule has 0 aromatic heterocycles. The van der Waals surface area contributed by atoms with Gasteiger partial charge in [0.05, 0.1) is 6.04 Å². The lowest BCUT2D eigenvalue weighted by atomic mass is 9.78. The Labute approximate surface area is 98.6 Å². The Morgan fingerprint density at radius 1 is 1.19 bits per heavy atom. The standard InChI is InChI=1S/C13H24N2O/c1-9-5-4-6-10(2)12(9)14-11-7-8-15(3)13(11)16/h9-12,14H,4-8H2,1-3H3. The third-order valence-corrected chi connectivity index (χ3v) is 4.37. The number of likely N-dealkylation sites (tertiary alicyclic amines) is 1. The molecule has 2 rings (SSSR count). The normalized spacial score (nSPS) is 40.4. The number of amides is 1. The molecule has 1 aliphatic carbocycles. The highest BCUT2D eigenvalue weighted by molar-refractivity contribution is 5.83. The van der Waals surface area contributed by atoms with Crippen molar-refractivity contribution in [3.8, 4) is 0 Å². The van der Waals surface area contributed by atoms with Crippen LogP contribution in [0.4, 0.5) is 0 Å². The maximum absolute atomic E-state index is 11.9. The first-order valence-corrected chi connectivity index (χ1v) is 6.60. The summed E-state index contributed by atoms with van der Waals surface area (Å²) in [5.74, 6) is 1.70. The second-order valence-corrected chi connectivity index (χ2v) is 5.68. The molecular weight excluding hydrogens is 200 g/mol. The van der Waals surface area contributed by atoms with E-state index in [0.29, 0.717) is 17.9 Å². The van der Waals surface area contributed by atoms with Crippen LogP contribution in [0.5, 0.6) is 0 Å². The van der Waals surface area contributed by atoms with Crippen molar-refractivity contribution in [1.82, 2.24) is 10.2 Å². The van der Waals surface area contributed by atoms with E-state index in [4.69, 9.17) is 0 Å². The summed E-state index contributed by atoms with van der Waals surface area (Å²) in [6.07, 6.45) is 4.93. The molecule has 1 saturated heterocycles. The SMILES string of the molecule is CC1CCCC(C)C1NC1CCN(C)C1=O. The van der Waals surface area contributed by atoms with Gasteiger partial charge in [-0.2, -0.15) is 0 Å². The minimum atomic E-state index is 0.0815. The van der Waals surface area contributed by atoms with Gasteiger partial charge >= 0.3 is 0 Å². The lowest BCUT2D eigenvalue weighted by Gasteiger charge is -2.36. The zero-order valence-electron chi connectivity index (χ0n) is 10.7. The van der Waals surface area contributed by atoms with Crippen molar-refractivity contribution < 1.29 is 4.79 Å². The lowest BCUT2D eigenvalue weighted by molar-refractivity contribution is -0.128. The van der Waals surface area contributed by atoms with E-state index >= 15 is 0 Å². The number of carbonyl (C=O) groups is 1. The average molecular weight is 224 g/mol. The fourth-order valence-corrected chi connectivity index (χ4v) is 3.22. The Bertz CT molecular complexity index is 257. The van der Waals surface area contributed by atoms with Crippen LogP contribution < -0.4 is 5.32 Å². The molecule has 1 saturated carbocycles. The number of nitrogens with zero attached hydrogens (tertiary/aromatic N) is 1. The predicted molar refractivity (Wildman–Crippen MR) is 65.1 cm³/mol. The molecule has 92 valence electrons. The molecule has 1 heterocycles. The van der Waals surface area contributed by atoms with Gasteiger partial charge < -0.3 is 10.2 Å². The Kier molecular flexibility index (Phi) is 3.53. The summed E-state index contributed by atoms with van der Waals surface area (Å²) in [5, 5.41) is 3.61. The molecule has 0 bridgehead atoms. The lowest BCUT2D eigenvalue weighted by Crippen LogP contribution is -2.50. The monoisotopic (exact) mass is 224 g/mol. The molecular formula is C13H24N2O. The molecule has 3 heteroatoms. The number of rotatable bonds is 2. The van der Waals surface area contributed by atoms with Crippen LogP contribution in [0.25, 0.3) is 0 Å². The van der Waals surface area contributed by atoms with Crippen molar-refractivity contribution >= 4 is 5.91 Å². The van der Waals surface area contributed by atoms with Gasteiger partial charge in [-0.25, -0.2) is 0 Å². The maximum Gasteiger partial charge on any atom is 0.239 e. The van der Waals surface area contributed by atoms with Crippen LogP contribution in [0.15, 0.2) is 0 Å². The highest BCUT2D eigenvalue weighted by atomic mass is 16.2. The average Bonchev–Trinajstić information content (AvgIpc) is 2.55. The van der Waals surface area contributed by atoms with E-state index in [-0.39, 0.29) is 11.9 Å². The Hall–Kier alpha value is -0.570. The fourth-order valence-electron chi connectivity index (χ4n) is 3.22. The Morgan fingerprint density at radius 3 is 2.31 bits per heavy atom. The number of carbonyl (C=O) groups excluding carboxylic acids is 1. The van der Waals surface area contributed by atoms with Gasteiger partial charge in [0.1, 0.15) is 0 Å². The van der Waals surface area contributed by atoms with E-state index < -0.39 is 0 Å². The molecule has 2 fully saturated rings. The summed E-state index contributed by atoms with van der Waals surface area (Å²) in [5.41, 5.74) is 0. The van der Waals surface area contributed by atoms with Crippen molar-refractivity contribution in [3.63, 3.8) is 0 Å². The molecule has 3 atom stereocenters. The van der Waals surface area contributed by atoms with E-state index in [1.54, 1.807) is 0 Å². The summed E-state index contributed by atoms with van der Waals surface area (Å²) in [7, 11) is 1.90. The molecule has 2 aliphatic rings. The minimum absolute atomic E-state index is 0.0815. The molecule has 0 aromatic rings. The summed E-state index contributed by atoms with van der Waals surface area (Å²) >= 11 is 0. The zero-order valence-corrected chi connectivity index (χ0v) is 10.7. The molecule has 0 aromatic carbocycles. The molecule has 16 heavy (non-hydrogen) atoms. The maximum atomic E-state index is 11.9. The van der Waals surface area contributed by atoms with E-state index in [1.165, 1.54) is 19.3 Å². The number of hydrogen-bond acceptors (Lipinski definition) is 2. The van der Waals surface area contributed by atoms with Crippen LogP contribution in [-0.4, -0.2) is 36.5 Å². The molecule has 0 radical (unpaired) electrons. The van der Waals surface area contributed by atoms with E-state index in [9.17, 15) is 4.79 Å². The first kappa shape index (κ1) is 11.9. The van der Waals surface area contributed by atoms with Gasteiger partial charge in [0.25, 0.3) is 0 Å². The van der Waals surface area contributed by atoms with Gasteiger partial charge in [-0.05, 0) is 31.1 Å². The number of nitrogens with one attached hydrogen (secondary N) is 1. The molecule has 1 aliphatic heterocycles. The second-order valence-electron chi connectivity index (χ2n) is 5.68. The van der Waals surface area contributed by atoms with Crippen molar-refractivity contribution in [2.75, 3.05) is 13.6 Å². The summed E-state index contributed by atoms with van der Waals surface area (Å²) < 4.78 is 0. The minimum Gasteiger partial charge on any atom is -0.344 e. The quantitative estimate of drug-likeness (QED) is 0.773. The van der Waals surface area contributed by atoms with Crippen LogP contribution in [0.3, 0.4) is 0 Å². The van der Waals surface area contributed by atoms with Crippen molar-refractivity contribution in [1.29, 1.82) is 0 Å². The van der Waals surface area contributed by atoms with E-state index in [1.807, 2.05) is 11.9 Å². The molecule has 0 spiro atoms. The van der Waals surface area contributed by atoms with Crippen LogP contribution in [-0.2, 0) is 4.79 Å². The summed E-state index contributed by atoms with van der Waals surface area (Å²) in [4.78, 5) is 13.7. The zero-order chi connectivity index (χ0) is 11.7. The van der Waals surface area contributed by atoms with E-state index in [0.717, 1.165) is 13.0 Å². The fraction of sp³-hybridized carbons (Fsp3) is 0.923. The topological polar surface area (TPSA) is 32.3 Å². The van der Waals surface area contributed by atoms with Crippen LogP contribution in [0.1, 0.15) is 39.5 Å². The second kappa shape index (κ2) is 4.74. The largest absolute Gasteiger partial charge is 0.344 e. The van der Waals surface area contributed by atoms with Gasteiger partial charge in [0.2, 0.25) is 5.91 Å². The van der Waals surface area contributed by atoms with Crippen molar-refractivity contribution in [3.05, 3.63) is 0 Å². The smallest absolute Gasteiger partial charge is 0.239 e. The van der Waals surface area contributed by atoms with Gasteiger partial charge in [-0.15, -0.1) is 0 Å². The van der Waals surface area contributed by atoms with Crippen LogP contribution in [0, 0.1) is 11.8 Å². The van der Waals surface area contributed by atoms with Crippen molar-refractivity contribution in [2.24, 2.45) is 11.8 Å². The predicted octanol–water partition coefficient (Wildman–Crippen LogP) is 1.63. The third kappa shape index (κ3) is 2.24. The third-order valence-electron chi connectivity index (χ3n) is 4.37. The van der Waals surface area contributed by atoms with Gasteiger partial charge in [0, 0.05) is 19.6 Å². The van der Waals surface area contributed by atoms with Gasteiger partial charge in [0.15, 0.2) is 0 Å². The van der Waals surface area contributed by atoms with Gasteiger partial charge in [-0.3, -0.25) is 4.79 Å². The highest BCUT2D eigenvalue weighted by Gasteiger charge is 2.35. The number of likely N-dealkylation sites (N-methyl/N-ethyl adjacent to an activating group) is 1.